The number of nitrogens with one attached hydrogen (secondary N) is 1. The predicted molar refractivity (Wildman–Crippen MR) is 60.3 cm³/mol. The van der Waals surface area contributed by atoms with Gasteiger partial charge in [0.05, 0.1) is 11.5 Å². The van der Waals surface area contributed by atoms with E-state index in [4.69, 9.17) is 5.73 Å². The standard InChI is InChI=1S/C10H20N2O2S/c1-8-4-9(8)5-12-10(6-11)2-3-15(13,14)7-10/h8-9,12H,2-7,11H2,1H3. The quantitative estimate of drug-likeness (QED) is 0.701. The Balaban J connectivity index is 1.92. The summed E-state index contributed by atoms with van der Waals surface area (Å²) in [6, 6.07) is 0. The molecule has 0 amide bonds. The third kappa shape index (κ3) is 2.52. The lowest BCUT2D eigenvalue weighted by atomic mass is 9.99. The van der Waals surface area contributed by atoms with Gasteiger partial charge >= 0.3 is 0 Å². The Morgan fingerprint density at radius 2 is 2.20 bits per heavy atom. The summed E-state index contributed by atoms with van der Waals surface area (Å²) in [6.45, 7) is 3.58. The van der Waals surface area contributed by atoms with E-state index in [1.54, 1.807) is 0 Å². The lowest BCUT2D eigenvalue weighted by Gasteiger charge is -2.27. The molecule has 88 valence electrons. The summed E-state index contributed by atoms with van der Waals surface area (Å²) < 4.78 is 22.9. The highest BCUT2D eigenvalue weighted by atomic mass is 32.2. The monoisotopic (exact) mass is 232 g/mol. The zero-order valence-corrected chi connectivity index (χ0v) is 10.0. The summed E-state index contributed by atoms with van der Waals surface area (Å²) in [6.07, 6.45) is 1.94. The first-order valence-corrected chi connectivity index (χ1v) is 7.44. The van der Waals surface area contributed by atoms with E-state index in [9.17, 15) is 8.42 Å². The minimum absolute atomic E-state index is 0.220. The van der Waals surface area contributed by atoms with Crippen LogP contribution < -0.4 is 11.1 Å². The molecule has 1 aliphatic heterocycles. The lowest BCUT2D eigenvalue weighted by Crippen LogP contribution is -2.53. The van der Waals surface area contributed by atoms with E-state index in [1.807, 2.05) is 0 Å². The molecular weight excluding hydrogens is 212 g/mol. The molecule has 1 heterocycles. The Labute approximate surface area is 91.5 Å². The van der Waals surface area contributed by atoms with Crippen LogP contribution in [0, 0.1) is 11.8 Å². The van der Waals surface area contributed by atoms with Crippen LogP contribution in [-0.2, 0) is 9.84 Å². The molecule has 1 saturated heterocycles. The summed E-state index contributed by atoms with van der Waals surface area (Å²) in [5.41, 5.74) is 5.37. The van der Waals surface area contributed by atoms with E-state index in [0.717, 1.165) is 18.4 Å². The number of sulfone groups is 1. The van der Waals surface area contributed by atoms with Gasteiger partial charge in [0.25, 0.3) is 0 Å². The molecule has 1 aliphatic carbocycles. The van der Waals surface area contributed by atoms with Crippen LogP contribution in [0.25, 0.3) is 0 Å². The average Bonchev–Trinajstić information content (AvgIpc) is 2.78. The highest BCUT2D eigenvalue weighted by Crippen LogP contribution is 2.37. The van der Waals surface area contributed by atoms with Crippen molar-refractivity contribution in [1.82, 2.24) is 5.32 Å². The Kier molecular flexibility index (Phi) is 2.81. The fraction of sp³-hybridized carbons (Fsp3) is 1.00. The van der Waals surface area contributed by atoms with E-state index in [-0.39, 0.29) is 17.0 Å². The minimum atomic E-state index is -2.85. The number of rotatable bonds is 4. The maximum absolute atomic E-state index is 11.4. The second-order valence-corrected chi connectivity index (χ2v) is 7.36. The van der Waals surface area contributed by atoms with Crippen molar-refractivity contribution in [2.75, 3.05) is 24.6 Å². The predicted octanol–water partition coefficient (Wildman–Crippen LogP) is -0.252. The zero-order valence-electron chi connectivity index (χ0n) is 9.20. The average molecular weight is 232 g/mol. The molecule has 2 fully saturated rings. The molecule has 15 heavy (non-hydrogen) atoms. The van der Waals surface area contributed by atoms with E-state index >= 15 is 0 Å². The van der Waals surface area contributed by atoms with Crippen molar-refractivity contribution in [3.8, 4) is 0 Å². The van der Waals surface area contributed by atoms with Crippen LogP contribution >= 0.6 is 0 Å². The van der Waals surface area contributed by atoms with Gasteiger partial charge in [-0.05, 0) is 31.2 Å². The van der Waals surface area contributed by atoms with Crippen LogP contribution in [0.15, 0.2) is 0 Å². The van der Waals surface area contributed by atoms with Crippen molar-refractivity contribution in [1.29, 1.82) is 0 Å². The first-order chi connectivity index (χ1) is 6.96. The molecule has 2 rings (SSSR count). The van der Waals surface area contributed by atoms with Gasteiger partial charge in [-0.15, -0.1) is 0 Å². The Bertz CT molecular complexity index is 341. The smallest absolute Gasteiger partial charge is 0.152 e. The van der Waals surface area contributed by atoms with Crippen molar-refractivity contribution >= 4 is 9.84 Å². The van der Waals surface area contributed by atoms with Crippen molar-refractivity contribution in [2.45, 2.75) is 25.3 Å². The van der Waals surface area contributed by atoms with Crippen LogP contribution in [-0.4, -0.2) is 38.6 Å². The molecule has 5 heteroatoms. The second-order valence-electron chi connectivity index (χ2n) is 5.18. The largest absolute Gasteiger partial charge is 0.329 e. The van der Waals surface area contributed by atoms with E-state index in [1.165, 1.54) is 6.42 Å². The third-order valence-corrected chi connectivity index (χ3v) is 5.61. The molecular formula is C10H20N2O2S. The third-order valence-electron chi connectivity index (χ3n) is 3.79. The van der Waals surface area contributed by atoms with Gasteiger partial charge in [-0.3, -0.25) is 0 Å². The number of hydrogen-bond acceptors (Lipinski definition) is 4. The van der Waals surface area contributed by atoms with Gasteiger partial charge in [-0.25, -0.2) is 8.42 Å². The Morgan fingerprint density at radius 3 is 2.60 bits per heavy atom. The molecule has 0 radical (unpaired) electrons. The fourth-order valence-electron chi connectivity index (χ4n) is 2.32. The maximum Gasteiger partial charge on any atom is 0.152 e. The summed E-state index contributed by atoms with van der Waals surface area (Å²) in [7, 11) is -2.85. The molecule has 0 aromatic heterocycles. The van der Waals surface area contributed by atoms with Gasteiger partial charge < -0.3 is 11.1 Å². The molecule has 1 saturated carbocycles. The van der Waals surface area contributed by atoms with E-state index < -0.39 is 9.84 Å². The zero-order chi connectivity index (χ0) is 11.1. The van der Waals surface area contributed by atoms with Gasteiger partial charge in [0, 0.05) is 12.1 Å². The molecule has 0 spiro atoms. The van der Waals surface area contributed by atoms with Gasteiger partial charge in [0.15, 0.2) is 9.84 Å². The van der Waals surface area contributed by atoms with Crippen molar-refractivity contribution in [3.63, 3.8) is 0 Å². The molecule has 0 bridgehead atoms. The number of nitrogens with two attached hydrogens (primary N) is 1. The molecule has 3 N–H and O–H groups in total. The second kappa shape index (κ2) is 3.71. The van der Waals surface area contributed by atoms with Crippen LogP contribution in [0.3, 0.4) is 0 Å². The maximum atomic E-state index is 11.4. The fourth-order valence-corrected chi connectivity index (χ4v) is 4.37. The highest BCUT2D eigenvalue weighted by Gasteiger charge is 2.42. The van der Waals surface area contributed by atoms with Crippen molar-refractivity contribution in [2.24, 2.45) is 17.6 Å². The van der Waals surface area contributed by atoms with Gasteiger partial charge in [-0.2, -0.15) is 0 Å². The molecule has 0 aromatic carbocycles. The summed E-state index contributed by atoms with van der Waals surface area (Å²) in [5.74, 6) is 2.04. The van der Waals surface area contributed by atoms with Gasteiger partial charge in [-0.1, -0.05) is 6.92 Å². The SMILES string of the molecule is CC1CC1CNC1(CN)CCS(=O)(=O)C1. The summed E-state index contributed by atoms with van der Waals surface area (Å²) in [4.78, 5) is 0. The van der Waals surface area contributed by atoms with Gasteiger partial charge in [0.2, 0.25) is 0 Å². The highest BCUT2D eigenvalue weighted by molar-refractivity contribution is 7.91. The molecule has 3 unspecified atom stereocenters. The van der Waals surface area contributed by atoms with Crippen molar-refractivity contribution < 1.29 is 8.42 Å². The van der Waals surface area contributed by atoms with Crippen molar-refractivity contribution in [3.05, 3.63) is 0 Å². The molecule has 3 atom stereocenters. The topological polar surface area (TPSA) is 72.2 Å². The normalized spacial score (nSPS) is 43.1. The molecule has 4 nitrogen and oxygen atoms in total. The van der Waals surface area contributed by atoms with Gasteiger partial charge in [0.1, 0.15) is 0 Å². The van der Waals surface area contributed by atoms with E-state index in [0.29, 0.717) is 13.0 Å². The van der Waals surface area contributed by atoms with E-state index in [2.05, 4.69) is 12.2 Å². The first kappa shape index (κ1) is 11.4. The summed E-state index contributed by atoms with van der Waals surface area (Å²) in [5, 5.41) is 3.39. The molecule has 2 aliphatic rings. The first-order valence-electron chi connectivity index (χ1n) is 5.62. The number of hydrogen-bond donors (Lipinski definition) is 2. The molecule has 0 aromatic rings. The lowest BCUT2D eigenvalue weighted by molar-refractivity contribution is 0.362. The Morgan fingerprint density at radius 1 is 1.53 bits per heavy atom. The Hall–Kier alpha value is -0.130. The minimum Gasteiger partial charge on any atom is -0.329 e. The summed E-state index contributed by atoms with van der Waals surface area (Å²) >= 11 is 0. The van der Waals surface area contributed by atoms with Crippen LogP contribution in [0.4, 0.5) is 0 Å². The van der Waals surface area contributed by atoms with Crippen LogP contribution in [0.2, 0.25) is 0 Å². The van der Waals surface area contributed by atoms with Crippen LogP contribution in [0.5, 0.6) is 0 Å². The van der Waals surface area contributed by atoms with Crippen LogP contribution in [0.1, 0.15) is 19.8 Å².